The number of carboxylic acids is 2. The third-order valence-corrected chi connectivity index (χ3v) is 4.93. The molecule has 12 nitrogen and oxygen atoms in total. The number of aliphatic hydroxyl groups is 1. The average molecular weight is 465 g/mol. The van der Waals surface area contributed by atoms with E-state index in [2.05, 4.69) is 16.0 Å². The summed E-state index contributed by atoms with van der Waals surface area (Å²) < 4.78 is 0. The van der Waals surface area contributed by atoms with Gasteiger partial charge in [-0.2, -0.15) is 11.8 Å². The lowest BCUT2D eigenvalue weighted by molar-refractivity contribution is -0.143. The number of carboxylic acid groups (broad SMARTS) is 2. The second-order valence-electron chi connectivity index (χ2n) is 7.19. The lowest BCUT2D eigenvalue weighted by Crippen LogP contribution is -2.58. The average Bonchev–Trinajstić information content (AvgIpc) is 2.70. The van der Waals surface area contributed by atoms with Gasteiger partial charge >= 0.3 is 11.9 Å². The Morgan fingerprint density at radius 3 is 1.87 bits per heavy atom. The second-order valence-corrected chi connectivity index (χ2v) is 8.18. The molecular weight excluding hydrogens is 432 g/mol. The van der Waals surface area contributed by atoms with Crippen molar-refractivity contribution >= 4 is 41.4 Å². The van der Waals surface area contributed by atoms with Gasteiger partial charge in [0.1, 0.15) is 24.2 Å². The summed E-state index contributed by atoms with van der Waals surface area (Å²) in [5, 5.41) is 34.3. The minimum Gasteiger partial charge on any atom is -0.481 e. The zero-order valence-electron chi connectivity index (χ0n) is 17.8. The van der Waals surface area contributed by atoms with Gasteiger partial charge in [-0.15, -0.1) is 0 Å². The lowest BCUT2D eigenvalue weighted by atomic mass is 10.0. The largest absolute Gasteiger partial charge is 0.481 e. The molecule has 0 aliphatic heterocycles. The summed E-state index contributed by atoms with van der Waals surface area (Å²) in [6.45, 7) is 2.57. The maximum Gasteiger partial charge on any atom is 0.326 e. The monoisotopic (exact) mass is 464 g/mol. The quantitative estimate of drug-likeness (QED) is 0.143. The molecule has 3 amide bonds. The molecule has 31 heavy (non-hydrogen) atoms. The van der Waals surface area contributed by atoms with Crippen LogP contribution >= 0.6 is 11.8 Å². The molecule has 0 radical (unpaired) electrons. The lowest BCUT2D eigenvalue weighted by Gasteiger charge is -2.25. The topological polar surface area (TPSA) is 208 Å². The number of hydrogen-bond acceptors (Lipinski definition) is 8. The number of nitrogens with one attached hydrogen (secondary N) is 3. The van der Waals surface area contributed by atoms with E-state index in [9.17, 15) is 29.1 Å². The number of thioether (sulfide) groups is 1. The van der Waals surface area contributed by atoms with Crippen LogP contribution in [-0.2, 0) is 24.0 Å². The van der Waals surface area contributed by atoms with E-state index in [0.717, 1.165) is 0 Å². The fourth-order valence-electron chi connectivity index (χ4n) is 2.44. The Hall–Kier alpha value is -2.38. The molecule has 0 aliphatic carbocycles. The van der Waals surface area contributed by atoms with Crippen molar-refractivity contribution in [1.82, 2.24) is 16.0 Å². The highest BCUT2D eigenvalue weighted by atomic mass is 32.2. The Labute approximate surface area is 184 Å². The van der Waals surface area contributed by atoms with Crippen molar-refractivity contribution in [3.63, 3.8) is 0 Å². The molecule has 0 heterocycles. The number of hydrogen-bond donors (Lipinski definition) is 7. The summed E-state index contributed by atoms with van der Waals surface area (Å²) in [4.78, 5) is 59.6. The van der Waals surface area contributed by atoms with Crippen molar-refractivity contribution in [3.05, 3.63) is 0 Å². The first kappa shape index (κ1) is 28.6. The molecule has 0 aliphatic rings. The van der Waals surface area contributed by atoms with Crippen LogP contribution in [0.4, 0.5) is 0 Å². The Morgan fingerprint density at radius 1 is 0.903 bits per heavy atom. The third-order valence-electron chi connectivity index (χ3n) is 4.29. The van der Waals surface area contributed by atoms with Gasteiger partial charge in [0.15, 0.2) is 0 Å². The summed E-state index contributed by atoms with van der Waals surface area (Å²) in [5.41, 5.74) is 5.41. The van der Waals surface area contributed by atoms with Crippen LogP contribution in [0.2, 0.25) is 0 Å². The van der Waals surface area contributed by atoms with Crippen molar-refractivity contribution in [2.75, 3.05) is 18.6 Å². The predicted molar refractivity (Wildman–Crippen MR) is 113 cm³/mol. The van der Waals surface area contributed by atoms with E-state index in [1.165, 1.54) is 11.8 Å². The first-order chi connectivity index (χ1) is 14.4. The van der Waals surface area contributed by atoms with Gasteiger partial charge in [-0.3, -0.25) is 19.2 Å². The zero-order chi connectivity index (χ0) is 24.1. The van der Waals surface area contributed by atoms with E-state index in [1.807, 2.05) is 0 Å². The van der Waals surface area contributed by atoms with Crippen LogP contribution in [0.1, 0.15) is 33.1 Å². The van der Waals surface area contributed by atoms with Crippen molar-refractivity contribution < 1.29 is 39.3 Å². The van der Waals surface area contributed by atoms with Crippen LogP contribution in [0.15, 0.2) is 0 Å². The first-order valence-corrected chi connectivity index (χ1v) is 11.0. The third kappa shape index (κ3) is 11.0. The van der Waals surface area contributed by atoms with Crippen LogP contribution < -0.4 is 21.7 Å². The molecule has 8 N–H and O–H groups in total. The fraction of sp³-hybridized carbons (Fsp3) is 0.722. The summed E-state index contributed by atoms with van der Waals surface area (Å²) in [7, 11) is 0. The minimum absolute atomic E-state index is 0.179. The normalized spacial score (nSPS) is 14.8. The number of rotatable bonds is 15. The summed E-state index contributed by atoms with van der Waals surface area (Å²) >= 11 is 1.41. The highest BCUT2D eigenvalue weighted by Crippen LogP contribution is 2.07. The molecule has 4 atom stereocenters. The minimum atomic E-state index is -1.31. The molecule has 0 fully saturated rings. The molecular formula is C18H32N4O8S. The van der Waals surface area contributed by atoms with Crippen LogP contribution in [0.5, 0.6) is 0 Å². The van der Waals surface area contributed by atoms with Gasteiger partial charge in [-0.05, 0) is 30.8 Å². The SMILES string of the molecule is CSCCC(NC(=O)C(CCC(=O)O)NC(=O)C(N)CO)C(=O)NC(C(=O)O)C(C)C. The van der Waals surface area contributed by atoms with E-state index in [1.54, 1.807) is 20.1 Å². The van der Waals surface area contributed by atoms with Gasteiger partial charge < -0.3 is 37.0 Å². The molecule has 178 valence electrons. The van der Waals surface area contributed by atoms with Gasteiger partial charge in [0.25, 0.3) is 0 Å². The number of carbonyl (C=O) groups excluding carboxylic acids is 3. The predicted octanol–water partition coefficient (Wildman–Crippen LogP) is -1.88. The number of amides is 3. The van der Waals surface area contributed by atoms with Gasteiger partial charge in [0.05, 0.1) is 6.61 Å². The number of aliphatic hydroxyl groups excluding tert-OH is 1. The highest BCUT2D eigenvalue weighted by molar-refractivity contribution is 7.98. The van der Waals surface area contributed by atoms with Crippen molar-refractivity contribution in [2.45, 2.75) is 57.3 Å². The molecule has 0 bridgehead atoms. The smallest absolute Gasteiger partial charge is 0.326 e. The van der Waals surface area contributed by atoms with Gasteiger partial charge in [0.2, 0.25) is 17.7 Å². The first-order valence-electron chi connectivity index (χ1n) is 9.65. The fourth-order valence-corrected chi connectivity index (χ4v) is 2.91. The Balaban J connectivity index is 5.45. The maximum absolute atomic E-state index is 12.7. The van der Waals surface area contributed by atoms with Crippen molar-refractivity contribution in [2.24, 2.45) is 11.7 Å². The van der Waals surface area contributed by atoms with Crippen LogP contribution in [0.25, 0.3) is 0 Å². The Kier molecular flexibility index (Phi) is 13.5. The van der Waals surface area contributed by atoms with Crippen LogP contribution in [0, 0.1) is 5.92 Å². The number of carbonyl (C=O) groups is 5. The van der Waals surface area contributed by atoms with E-state index in [-0.39, 0.29) is 12.8 Å². The van der Waals surface area contributed by atoms with Gasteiger partial charge in [0, 0.05) is 6.42 Å². The summed E-state index contributed by atoms with van der Waals surface area (Å²) in [6, 6.07) is -4.88. The van der Waals surface area contributed by atoms with E-state index < -0.39 is 72.8 Å². The standard InChI is InChI=1S/C18H32N4O8S/c1-9(2)14(18(29)30)22-17(28)12(6-7-31-3)21-16(27)11(4-5-13(24)25)20-15(26)10(19)8-23/h9-12,14,23H,4-8,19H2,1-3H3,(H,20,26)(H,21,27)(H,22,28)(H,24,25)(H,29,30). The summed E-state index contributed by atoms with van der Waals surface area (Å²) in [6.07, 6.45) is 1.25. The van der Waals surface area contributed by atoms with Gasteiger partial charge in [-0.1, -0.05) is 13.8 Å². The zero-order valence-corrected chi connectivity index (χ0v) is 18.6. The molecule has 0 spiro atoms. The molecule has 13 heteroatoms. The molecule has 0 saturated carbocycles. The van der Waals surface area contributed by atoms with Crippen LogP contribution in [0.3, 0.4) is 0 Å². The molecule has 0 aromatic carbocycles. The van der Waals surface area contributed by atoms with Gasteiger partial charge in [-0.25, -0.2) is 4.79 Å². The Morgan fingerprint density at radius 2 is 1.42 bits per heavy atom. The van der Waals surface area contributed by atoms with Crippen molar-refractivity contribution in [3.8, 4) is 0 Å². The van der Waals surface area contributed by atoms with Crippen molar-refractivity contribution in [1.29, 1.82) is 0 Å². The molecule has 0 aromatic heterocycles. The second kappa shape index (κ2) is 14.6. The number of aliphatic carboxylic acids is 2. The molecule has 0 saturated heterocycles. The Bertz CT molecular complexity index is 646. The van der Waals surface area contributed by atoms with E-state index in [0.29, 0.717) is 5.75 Å². The summed E-state index contributed by atoms with van der Waals surface area (Å²) in [5.74, 6) is -4.74. The number of nitrogens with two attached hydrogens (primary N) is 1. The van der Waals surface area contributed by atoms with E-state index in [4.69, 9.17) is 15.9 Å². The molecule has 0 aromatic rings. The maximum atomic E-state index is 12.7. The van der Waals surface area contributed by atoms with E-state index >= 15 is 0 Å². The highest BCUT2D eigenvalue weighted by Gasteiger charge is 2.31. The molecule has 4 unspecified atom stereocenters. The molecule has 0 rings (SSSR count). The van der Waals surface area contributed by atoms with Crippen LogP contribution in [-0.4, -0.2) is 87.8 Å².